The van der Waals surface area contributed by atoms with Crippen molar-refractivity contribution < 1.29 is 9.47 Å². The highest BCUT2D eigenvalue weighted by molar-refractivity contribution is 14.0. The van der Waals surface area contributed by atoms with Crippen LogP contribution in [0.25, 0.3) is 0 Å². The second-order valence-corrected chi connectivity index (χ2v) is 6.47. The number of methoxy groups -OCH3 is 2. The quantitative estimate of drug-likeness (QED) is 0.389. The molecule has 0 radical (unpaired) electrons. The van der Waals surface area contributed by atoms with Crippen LogP contribution >= 0.6 is 39.9 Å². The molecule has 1 aromatic carbocycles. The van der Waals surface area contributed by atoms with Gasteiger partial charge in [-0.15, -0.1) is 24.0 Å². The van der Waals surface area contributed by atoms with Crippen LogP contribution < -0.4 is 20.1 Å². The van der Waals surface area contributed by atoms with Crippen molar-refractivity contribution in [2.24, 2.45) is 4.99 Å². The number of guanidine groups is 1. The van der Waals surface area contributed by atoms with Gasteiger partial charge in [-0.3, -0.25) is 4.99 Å². The summed E-state index contributed by atoms with van der Waals surface area (Å²) in [6.07, 6.45) is 0. The molecule has 0 amide bonds. The third kappa shape index (κ3) is 6.60. The van der Waals surface area contributed by atoms with E-state index in [9.17, 15) is 0 Å². The molecule has 0 bridgehead atoms. The predicted molar refractivity (Wildman–Crippen MR) is 106 cm³/mol. The largest absolute Gasteiger partial charge is 0.493 e. The lowest BCUT2D eigenvalue weighted by molar-refractivity contribution is 0.352. The van der Waals surface area contributed by atoms with Crippen LogP contribution in [0.15, 0.2) is 21.6 Å². The van der Waals surface area contributed by atoms with Gasteiger partial charge in [0, 0.05) is 19.1 Å². The zero-order valence-electron chi connectivity index (χ0n) is 13.9. The van der Waals surface area contributed by atoms with Crippen LogP contribution in [0.3, 0.4) is 0 Å². The third-order valence-electron chi connectivity index (χ3n) is 2.67. The van der Waals surface area contributed by atoms with E-state index in [1.165, 1.54) is 0 Å². The summed E-state index contributed by atoms with van der Waals surface area (Å²) in [6.45, 7) is 6.90. The van der Waals surface area contributed by atoms with Crippen LogP contribution in [-0.4, -0.2) is 32.8 Å². The Morgan fingerprint density at radius 2 is 1.86 bits per heavy atom. The molecule has 2 N–H and O–H groups in total. The number of benzene rings is 1. The second kappa shape index (κ2) is 9.44. The van der Waals surface area contributed by atoms with Crippen molar-refractivity contribution in [2.45, 2.75) is 32.9 Å². The van der Waals surface area contributed by atoms with Gasteiger partial charge in [0.25, 0.3) is 0 Å². The third-order valence-corrected chi connectivity index (χ3v) is 3.26. The normalized spacial score (nSPS) is 11.5. The average Bonchev–Trinajstić information content (AvgIpc) is 2.41. The molecular formula is C15H25BrIN3O2. The molecule has 0 aliphatic carbocycles. The first-order valence-corrected chi connectivity index (χ1v) is 7.49. The fraction of sp³-hybridized carbons (Fsp3) is 0.533. The maximum Gasteiger partial charge on any atom is 0.191 e. The topological polar surface area (TPSA) is 54.9 Å². The zero-order chi connectivity index (χ0) is 16.0. The van der Waals surface area contributed by atoms with Gasteiger partial charge in [-0.2, -0.15) is 0 Å². The molecule has 0 unspecified atom stereocenters. The van der Waals surface area contributed by atoms with Gasteiger partial charge >= 0.3 is 0 Å². The number of hydrogen-bond donors (Lipinski definition) is 2. The molecule has 0 atom stereocenters. The minimum Gasteiger partial charge on any atom is -0.493 e. The summed E-state index contributed by atoms with van der Waals surface area (Å²) in [4.78, 5) is 4.21. The molecule has 0 aromatic heterocycles. The van der Waals surface area contributed by atoms with Gasteiger partial charge in [0.1, 0.15) is 0 Å². The SMILES string of the molecule is CN=C(NCc1cc(Br)c(OC)c(OC)c1)NC(C)(C)C.I. The van der Waals surface area contributed by atoms with Crippen molar-refractivity contribution in [3.8, 4) is 11.5 Å². The molecule has 0 aliphatic rings. The van der Waals surface area contributed by atoms with Crippen molar-refractivity contribution in [3.05, 3.63) is 22.2 Å². The second-order valence-electron chi connectivity index (χ2n) is 5.61. The van der Waals surface area contributed by atoms with E-state index in [1.807, 2.05) is 12.1 Å². The van der Waals surface area contributed by atoms with E-state index in [0.29, 0.717) is 18.0 Å². The molecule has 0 aliphatic heterocycles. The van der Waals surface area contributed by atoms with Gasteiger partial charge in [0.15, 0.2) is 17.5 Å². The van der Waals surface area contributed by atoms with Crippen molar-refractivity contribution in [2.75, 3.05) is 21.3 Å². The molecule has 5 nitrogen and oxygen atoms in total. The fourth-order valence-electron chi connectivity index (χ4n) is 1.79. The van der Waals surface area contributed by atoms with Gasteiger partial charge in [0.2, 0.25) is 0 Å². The first kappa shape index (κ1) is 21.3. The Morgan fingerprint density at radius 1 is 1.23 bits per heavy atom. The minimum absolute atomic E-state index is 0. The van der Waals surface area contributed by atoms with Crippen LogP contribution in [-0.2, 0) is 6.54 Å². The highest BCUT2D eigenvalue weighted by Crippen LogP contribution is 2.36. The Labute approximate surface area is 158 Å². The molecular weight excluding hydrogens is 461 g/mol. The molecule has 126 valence electrons. The average molecular weight is 486 g/mol. The van der Waals surface area contributed by atoms with Gasteiger partial charge in [-0.25, -0.2) is 0 Å². The summed E-state index contributed by atoms with van der Waals surface area (Å²) in [5, 5.41) is 6.59. The number of ether oxygens (including phenoxy) is 2. The Hall–Kier alpha value is -0.700. The Kier molecular flexibility index (Phi) is 9.14. The Balaban J connectivity index is 0.00000441. The van der Waals surface area contributed by atoms with Gasteiger partial charge in [0.05, 0.1) is 18.7 Å². The zero-order valence-corrected chi connectivity index (χ0v) is 17.8. The summed E-state index contributed by atoms with van der Waals surface area (Å²) in [7, 11) is 5.00. The van der Waals surface area contributed by atoms with E-state index < -0.39 is 0 Å². The van der Waals surface area contributed by atoms with Crippen molar-refractivity contribution in [1.29, 1.82) is 0 Å². The number of hydrogen-bond acceptors (Lipinski definition) is 3. The fourth-order valence-corrected chi connectivity index (χ4v) is 2.44. The molecule has 7 heteroatoms. The number of aliphatic imine (C=N–C) groups is 1. The minimum atomic E-state index is -0.0416. The van der Waals surface area contributed by atoms with Gasteiger partial charge < -0.3 is 20.1 Å². The lowest BCUT2D eigenvalue weighted by Gasteiger charge is -2.24. The van der Waals surface area contributed by atoms with Crippen molar-refractivity contribution in [1.82, 2.24) is 10.6 Å². The summed E-state index contributed by atoms with van der Waals surface area (Å²) in [6, 6.07) is 3.94. The Bertz CT molecular complexity index is 516. The van der Waals surface area contributed by atoms with Crippen molar-refractivity contribution in [3.63, 3.8) is 0 Å². The molecule has 0 heterocycles. The maximum absolute atomic E-state index is 5.34. The van der Waals surface area contributed by atoms with E-state index in [0.717, 1.165) is 16.0 Å². The molecule has 1 aromatic rings. The summed E-state index contributed by atoms with van der Waals surface area (Å²) in [5.74, 6) is 2.15. The van der Waals surface area contributed by atoms with E-state index in [2.05, 4.69) is 52.3 Å². The van der Waals surface area contributed by atoms with Gasteiger partial charge in [-0.05, 0) is 54.4 Å². The summed E-state index contributed by atoms with van der Waals surface area (Å²) < 4.78 is 11.5. The maximum atomic E-state index is 5.34. The standard InChI is InChI=1S/C15H24BrN3O2.HI/c1-15(2,3)19-14(17-4)18-9-10-7-11(16)13(21-6)12(8-10)20-5;/h7-8H,9H2,1-6H3,(H2,17,18,19);1H. The number of halogens is 2. The molecule has 22 heavy (non-hydrogen) atoms. The first-order valence-electron chi connectivity index (χ1n) is 6.70. The summed E-state index contributed by atoms with van der Waals surface area (Å²) in [5.41, 5.74) is 1.02. The lowest BCUT2D eigenvalue weighted by atomic mass is 10.1. The van der Waals surface area contributed by atoms with E-state index in [1.54, 1.807) is 21.3 Å². The highest BCUT2D eigenvalue weighted by atomic mass is 127. The lowest BCUT2D eigenvalue weighted by Crippen LogP contribution is -2.47. The van der Waals surface area contributed by atoms with Gasteiger partial charge in [-0.1, -0.05) is 0 Å². The van der Waals surface area contributed by atoms with Crippen LogP contribution in [0.5, 0.6) is 11.5 Å². The molecule has 0 saturated heterocycles. The monoisotopic (exact) mass is 485 g/mol. The highest BCUT2D eigenvalue weighted by Gasteiger charge is 2.13. The van der Waals surface area contributed by atoms with E-state index in [4.69, 9.17) is 9.47 Å². The van der Waals surface area contributed by atoms with Crippen molar-refractivity contribution >= 4 is 45.9 Å². The molecule has 0 saturated carbocycles. The van der Waals surface area contributed by atoms with Crippen LogP contribution in [0.1, 0.15) is 26.3 Å². The summed E-state index contributed by atoms with van der Waals surface area (Å²) >= 11 is 3.49. The van der Waals surface area contributed by atoms with Crippen LogP contribution in [0, 0.1) is 0 Å². The molecule has 1 rings (SSSR count). The smallest absolute Gasteiger partial charge is 0.191 e. The van der Waals surface area contributed by atoms with Crippen LogP contribution in [0.2, 0.25) is 0 Å². The number of nitrogens with zero attached hydrogens (tertiary/aromatic N) is 1. The molecule has 0 spiro atoms. The van der Waals surface area contributed by atoms with Crippen LogP contribution in [0.4, 0.5) is 0 Å². The first-order chi connectivity index (χ1) is 9.80. The van der Waals surface area contributed by atoms with E-state index in [-0.39, 0.29) is 29.5 Å². The number of rotatable bonds is 4. The van der Waals surface area contributed by atoms with E-state index >= 15 is 0 Å². The molecule has 0 fully saturated rings. The predicted octanol–water partition coefficient (Wildman–Crippen LogP) is 3.55. The number of nitrogens with one attached hydrogen (secondary N) is 2. The Morgan fingerprint density at radius 3 is 2.32 bits per heavy atom.